The first-order chi connectivity index (χ1) is 1.00. The SMILES string of the molecule is CCl.N.O. The largest absolute Gasteiger partial charge is 0.412 e. The van der Waals surface area contributed by atoms with Crippen LogP contribution in [0.15, 0.2) is 0 Å². The zero-order valence-electron chi connectivity index (χ0n) is 2.59. The fourth-order valence-corrected chi connectivity index (χ4v) is 0. The molecule has 0 aromatic rings. The van der Waals surface area contributed by atoms with Gasteiger partial charge in [-0.05, 0) is 0 Å². The third kappa shape index (κ3) is 73.4. The van der Waals surface area contributed by atoms with Gasteiger partial charge in [0.1, 0.15) is 0 Å². The van der Waals surface area contributed by atoms with E-state index in [1.165, 1.54) is 6.38 Å². The molecule has 0 radical (unpaired) electrons. The van der Waals surface area contributed by atoms with Gasteiger partial charge in [-0.3, -0.25) is 0 Å². The first kappa shape index (κ1) is 29.6. The third-order valence-electron chi connectivity index (χ3n) is 0. The molecule has 0 bridgehead atoms. The summed E-state index contributed by atoms with van der Waals surface area (Å²) in [5.74, 6) is 0. The second-order valence-corrected chi connectivity index (χ2v) is 0. The van der Waals surface area contributed by atoms with Crippen LogP contribution in [0, 0.1) is 0 Å². The van der Waals surface area contributed by atoms with Crippen LogP contribution in [0.1, 0.15) is 0 Å². The lowest BCUT2D eigenvalue weighted by molar-refractivity contribution is 0.824. The van der Waals surface area contributed by atoms with Crippen LogP contribution >= 0.6 is 11.6 Å². The molecule has 0 amide bonds. The minimum absolute atomic E-state index is 0. The molecule has 2 nitrogen and oxygen atoms in total. The number of halogens is 1. The zero-order chi connectivity index (χ0) is 2.00. The summed E-state index contributed by atoms with van der Waals surface area (Å²) in [7, 11) is 0. The molecule has 3 heteroatoms. The Bertz CT molecular complexity index is 8.00. The number of hydrogen-bond acceptors (Lipinski definition) is 1. The fourth-order valence-electron chi connectivity index (χ4n) is 0. The first-order valence-corrected chi connectivity index (χ1v) is 1.13. The lowest BCUT2D eigenvalue weighted by Crippen LogP contribution is -0.852. The summed E-state index contributed by atoms with van der Waals surface area (Å²) in [5.41, 5.74) is 0. The molecule has 0 spiro atoms. The molecular weight excluding hydrogens is 77.5 g/mol. The quantitative estimate of drug-likeness (QED) is 0.419. The predicted octanol–water partition coefficient (Wildman–Crippen LogP) is 0.192. The van der Waals surface area contributed by atoms with Gasteiger partial charge in [0.15, 0.2) is 0 Å². The molecule has 0 aliphatic carbocycles. The van der Waals surface area contributed by atoms with Gasteiger partial charge in [-0.15, -0.1) is 11.6 Å². The average molecular weight is 85.5 g/mol. The summed E-state index contributed by atoms with van der Waals surface area (Å²) in [4.78, 5) is 0. The molecule has 0 aromatic heterocycles. The van der Waals surface area contributed by atoms with Crippen molar-refractivity contribution in [2.24, 2.45) is 0 Å². The first-order valence-electron chi connectivity index (χ1n) is 0.378. The Balaban J connectivity index is -0.00000000500. The number of alkyl halides is 1. The summed E-state index contributed by atoms with van der Waals surface area (Å²) < 4.78 is 0. The van der Waals surface area contributed by atoms with Crippen molar-refractivity contribution in [3.8, 4) is 0 Å². The van der Waals surface area contributed by atoms with E-state index >= 15 is 0 Å². The molecule has 0 aliphatic rings. The van der Waals surface area contributed by atoms with Gasteiger partial charge < -0.3 is 11.6 Å². The lowest BCUT2D eigenvalue weighted by atomic mass is 12.0. The van der Waals surface area contributed by atoms with Gasteiger partial charge in [0.25, 0.3) is 0 Å². The molecule has 0 unspecified atom stereocenters. The second-order valence-electron chi connectivity index (χ2n) is 0. The Labute approximate surface area is 30.7 Å². The Morgan fingerprint density at radius 2 is 1.25 bits per heavy atom. The summed E-state index contributed by atoms with van der Waals surface area (Å²) in [5, 5.41) is 0. The minimum Gasteiger partial charge on any atom is -0.412 e. The average Bonchev–Trinajstić information content (AvgIpc) is 1.00. The van der Waals surface area contributed by atoms with Gasteiger partial charge >= 0.3 is 0 Å². The number of rotatable bonds is 0. The zero-order valence-corrected chi connectivity index (χ0v) is 3.34. The molecule has 0 saturated carbocycles. The minimum atomic E-state index is 0. The van der Waals surface area contributed by atoms with Gasteiger partial charge in [0.2, 0.25) is 0 Å². The highest BCUT2D eigenvalue weighted by Gasteiger charge is 0.943. The molecular formula is CH8ClNO. The van der Waals surface area contributed by atoms with Gasteiger partial charge in [-0.2, -0.15) is 0 Å². The van der Waals surface area contributed by atoms with E-state index in [0.717, 1.165) is 0 Å². The maximum absolute atomic E-state index is 4.64. The van der Waals surface area contributed by atoms with Crippen LogP contribution in [0.5, 0.6) is 0 Å². The van der Waals surface area contributed by atoms with E-state index in [-0.39, 0.29) is 11.6 Å². The van der Waals surface area contributed by atoms with E-state index in [2.05, 4.69) is 11.6 Å². The summed E-state index contributed by atoms with van der Waals surface area (Å²) >= 11 is 4.64. The van der Waals surface area contributed by atoms with Gasteiger partial charge in [0.05, 0.1) is 0 Å². The highest BCUT2D eigenvalue weighted by atomic mass is 35.5. The number of hydrogen-bond donors (Lipinski definition) is 1. The molecule has 0 fully saturated rings. The van der Waals surface area contributed by atoms with E-state index in [0.29, 0.717) is 0 Å². The Morgan fingerprint density at radius 3 is 1.25 bits per heavy atom. The second kappa shape index (κ2) is 356. The van der Waals surface area contributed by atoms with E-state index in [9.17, 15) is 0 Å². The molecule has 30 valence electrons. The molecule has 5 N–H and O–H groups in total. The van der Waals surface area contributed by atoms with Crippen molar-refractivity contribution in [1.29, 1.82) is 0 Å². The summed E-state index contributed by atoms with van der Waals surface area (Å²) in [6, 6.07) is 0. The van der Waals surface area contributed by atoms with Crippen molar-refractivity contribution in [3.63, 3.8) is 0 Å². The molecule has 0 saturated heterocycles. The van der Waals surface area contributed by atoms with Crippen LogP contribution < -0.4 is 6.15 Å². The van der Waals surface area contributed by atoms with Crippen molar-refractivity contribution >= 4 is 11.6 Å². The van der Waals surface area contributed by atoms with Gasteiger partial charge in [-0.25, -0.2) is 0 Å². The summed E-state index contributed by atoms with van der Waals surface area (Å²) in [6.45, 7) is 0. The Morgan fingerprint density at radius 1 is 1.25 bits per heavy atom. The molecule has 4 heavy (non-hydrogen) atoms. The van der Waals surface area contributed by atoms with Crippen LogP contribution in [0.3, 0.4) is 0 Å². The van der Waals surface area contributed by atoms with Crippen LogP contribution in [0.2, 0.25) is 0 Å². The van der Waals surface area contributed by atoms with Crippen LogP contribution in [-0.2, 0) is 0 Å². The van der Waals surface area contributed by atoms with Crippen molar-refractivity contribution < 1.29 is 5.48 Å². The molecule has 0 aliphatic heterocycles. The summed E-state index contributed by atoms with van der Waals surface area (Å²) in [6.07, 6.45) is 1.47. The maximum Gasteiger partial charge on any atom is 0.0108 e. The van der Waals surface area contributed by atoms with E-state index in [4.69, 9.17) is 0 Å². The Kier molecular flexibility index (Phi) is 2630. The van der Waals surface area contributed by atoms with Gasteiger partial charge in [0, 0.05) is 6.38 Å². The lowest BCUT2D eigenvalue weighted by Gasteiger charge is -1.06. The van der Waals surface area contributed by atoms with Crippen molar-refractivity contribution in [2.75, 3.05) is 6.38 Å². The maximum atomic E-state index is 4.64. The standard InChI is InChI=1S/CH3Cl.H3N.H2O/c1-2;;/h1H3;1H3;1H2. The van der Waals surface area contributed by atoms with Crippen LogP contribution in [0.4, 0.5) is 0 Å². The van der Waals surface area contributed by atoms with Crippen molar-refractivity contribution in [3.05, 3.63) is 0 Å². The van der Waals surface area contributed by atoms with E-state index in [1.54, 1.807) is 0 Å². The van der Waals surface area contributed by atoms with Crippen molar-refractivity contribution in [1.82, 2.24) is 6.15 Å². The van der Waals surface area contributed by atoms with E-state index < -0.39 is 0 Å². The van der Waals surface area contributed by atoms with Gasteiger partial charge in [-0.1, -0.05) is 0 Å². The van der Waals surface area contributed by atoms with Crippen molar-refractivity contribution in [2.45, 2.75) is 0 Å². The van der Waals surface area contributed by atoms with Crippen LogP contribution in [0.25, 0.3) is 0 Å². The third-order valence-corrected chi connectivity index (χ3v) is 0. The smallest absolute Gasteiger partial charge is 0.0108 e. The monoisotopic (exact) mass is 85.0 g/mol. The highest BCUT2D eigenvalue weighted by Crippen LogP contribution is 1.34. The predicted molar refractivity (Wildman–Crippen MR) is 20.4 cm³/mol. The highest BCUT2D eigenvalue weighted by molar-refractivity contribution is 6.15. The van der Waals surface area contributed by atoms with E-state index in [1.807, 2.05) is 0 Å². The molecule has 0 atom stereocenters. The normalized spacial score (nSPS) is 1.50. The Hall–Kier alpha value is 0.210. The molecule has 0 aromatic carbocycles. The topological polar surface area (TPSA) is 66.5 Å². The fraction of sp³-hybridized carbons (Fsp3) is 1.00. The molecule has 0 heterocycles. The van der Waals surface area contributed by atoms with Crippen LogP contribution in [-0.4, -0.2) is 11.9 Å². The molecule has 0 rings (SSSR count).